The minimum atomic E-state index is -1.11. The van der Waals surface area contributed by atoms with E-state index >= 15 is 0 Å². The van der Waals surface area contributed by atoms with Crippen molar-refractivity contribution >= 4 is 35.5 Å². The Morgan fingerprint density at radius 3 is 2.52 bits per heavy atom. The molecule has 0 unspecified atom stereocenters. The lowest BCUT2D eigenvalue weighted by Gasteiger charge is -2.27. The van der Waals surface area contributed by atoms with Crippen molar-refractivity contribution in [3.63, 3.8) is 0 Å². The van der Waals surface area contributed by atoms with Crippen LogP contribution in [-0.4, -0.2) is 75.5 Å². The molecule has 25 heavy (non-hydrogen) atoms. The number of nitrogens with one attached hydrogen (secondary N) is 1. The fourth-order valence-corrected chi connectivity index (χ4v) is 3.15. The number of hydrogen-bond acceptors (Lipinski definition) is 6. The van der Waals surface area contributed by atoms with Gasteiger partial charge in [0.15, 0.2) is 0 Å². The van der Waals surface area contributed by atoms with Crippen LogP contribution in [0.4, 0.5) is 0 Å². The lowest BCUT2D eigenvalue weighted by atomic mass is 10.1. The summed E-state index contributed by atoms with van der Waals surface area (Å²) in [7, 11) is 0. The van der Waals surface area contributed by atoms with Crippen molar-refractivity contribution in [1.82, 2.24) is 10.2 Å². The van der Waals surface area contributed by atoms with E-state index < -0.39 is 41.9 Å². The average Bonchev–Trinajstić information content (AvgIpc) is 3.04. The van der Waals surface area contributed by atoms with Gasteiger partial charge in [-0.1, -0.05) is 0 Å². The first-order valence-corrected chi connectivity index (χ1v) is 9.47. The van der Waals surface area contributed by atoms with E-state index in [1.54, 1.807) is 0 Å². The highest BCUT2D eigenvalue weighted by Crippen LogP contribution is 2.19. The van der Waals surface area contributed by atoms with E-state index in [1.807, 2.05) is 6.26 Å². The van der Waals surface area contributed by atoms with E-state index in [0.29, 0.717) is 31.6 Å². The van der Waals surface area contributed by atoms with Gasteiger partial charge in [0.05, 0.1) is 6.04 Å². The van der Waals surface area contributed by atoms with Gasteiger partial charge in [-0.25, -0.2) is 4.79 Å². The van der Waals surface area contributed by atoms with Gasteiger partial charge < -0.3 is 26.2 Å². The van der Waals surface area contributed by atoms with Crippen molar-refractivity contribution in [2.45, 2.75) is 50.2 Å². The molecule has 0 radical (unpaired) electrons. The number of thioether (sulfide) groups is 1. The van der Waals surface area contributed by atoms with Crippen LogP contribution in [0, 0.1) is 0 Å². The maximum atomic E-state index is 12.4. The molecule has 0 aromatic heterocycles. The molecule has 0 aromatic carbocycles. The van der Waals surface area contributed by atoms with Gasteiger partial charge in [-0.15, -0.1) is 0 Å². The molecule has 10 heteroatoms. The topological polar surface area (TPSA) is 150 Å². The summed E-state index contributed by atoms with van der Waals surface area (Å²) in [6.45, 7) is 0.347. The molecule has 1 aliphatic rings. The van der Waals surface area contributed by atoms with Gasteiger partial charge in [-0.2, -0.15) is 11.8 Å². The zero-order valence-corrected chi connectivity index (χ0v) is 15.0. The fraction of sp³-hybridized carbons (Fsp3) is 0.733. The zero-order valence-electron chi connectivity index (χ0n) is 14.1. The second-order valence-electron chi connectivity index (χ2n) is 5.91. The molecule has 1 heterocycles. The normalized spacial score (nSPS) is 19.3. The Kier molecular flexibility index (Phi) is 8.70. The average molecular weight is 375 g/mol. The molecule has 1 saturated heterocycles. The number of aliphatic carboxylic acids is 2. The molecule has 3 atom stereocenters. The van der Waals surface area contributed by atoms with Gasteiger partial charge in [0.2, 0.25) is 11.8 Å². The van der Waals surface area contributed by atoms with Crippen molar-refractivity contribution in [3.05, 3.63) is 0 Å². The number of carboxylic acid groups (broad SMARTS) is 2. The quantitative estimate of drug-likeness (QED) is 0.399. The molecule has 9 nitrogen and oxygen atoms in total. The molecule has 142 valence electrons. The van der Waals surface area contributed by atoms with Crippen molar-refractivity contribution in [2.24, 2.45) is 5.73 Å². The van der Waals surface area contributed by atoms with E-state index in [1.165, 1.54) is 16.7 Å². The third-order valence-corrected chi connectivity index (χ3v) is 4.69. The smallest absolute Gasteiger partial charge is 0.326 e. The molecule has 1 aliphatic heterocycles. The number of carbonyl (C=O) groups excluding carboxylic acids is 2. The standard InChI is InChI=1S/C15H25N3O6S/c1-25-8-6-10(15(23)24)17-13(21)11-3-2-7-18(11)14(22)9(16)4-5-12(19)20/h9-11H,2-8,16H2,1H3,(H,17,21)(H,19,20)(H,23,24)/t9-,10-,11-/m0/s1. The number of amides is 2. The number of nitrogens with two attached hydrogens (primary N) is 1. The van der Waals surface area contributed by atoms with Crippen LogP contribution in [0.1, 0.15) is 32.1 Å². The molecule has 0 aromatic rings. The van der Waals surface area contributed by atoms with Gasteiger partial charge in [-0.3, -0.25) is 14.4 Å². The highest BCUT2D eigenvalue weighted by Gasteiger charge is 2.37. The molecule has 0 spiro atoms. The number of rotatable bonds is 10. The minimum Gasteiger partial charge on any atom is -0.481 e. The predicted octanol–water partition coefficient (Wildman–Crippen LogP) is -0.508. The maximum Gasteiger partial charge on any atom is 0.326 e. The van der Waals surface area contributed by atoms with Crippen molar-refractivity contribution in [2.75, 3.05) is 18.6 Å². The molecular weight excluding hydrogens is 350 g/mol. The van der Waals surface area contributed by atoms with E-state index in [0.717, 1.165) is 0 Å². The first-order chi connectivity index (χ1) is 11.8. The van der Waals surface area contributed by atoms with E-state index in [-0.39, 0.29) is 12.8 Å². The Labute approximate surface area is 150 Å². The third-order valence-electron chi connectivity index (χ3n) is 4.05. The summed E-state index contributed by atoms with van der Waals surface area (Å²) in [6, 6.07) is -2.76. The summed E-state index contributed by atoms with van der Waals surface area (Å²) in [5.74, 6) is -2.56. The number of nitrogens with zero attached hydrogens (tertiary/aromatic N) is 1. The number of carbonyl (C=O) groups is 4. The van der Waals surface area contributed by atoms with Gasteiger partial charge >= 0.3 is 11.9 Å². The van der Waals surface area contributed by atoms with Crippen LogP contribution in [0.2, 0.25) is 0 Å². The molecule has 5 N–H and O–H groups in total. The summed E-state index contributed by atoms with van der Waals surface area (Å²) < 4.78 is 0. The van der Waals surface area contributed by atoms with Crippen LogP contribution in [0.5, 0.6) is 0 Å². The fourth-order valence-electron chi connectivity index (χ4n) is 2.68. The Hall–Kier alpha value is -1.81. The highest BCUT2D eigenvalue weighted by atomic mass is 32.2. The second kappa shape index (κ2) is 10.2. The summed E-state index contributed by atoms with van der Waals surface area (Å²) in [6.07, 6.45) is 2.94. The van der Waals surface area contributed by atoms with Crippen LogP contribution >= 0.6 is 11.8 Å². The minimum absolute atomic E-state index is 0.00944. The number of hydrogen-bond donors (Lipinski definition) is 4. The number of carboxylic acids is 2. The highest BCUT2D eigenvalue weighted by molar-refractivity contribution is 7.98. The third kappa shape index (κ3) is 6.54. The molecule has 0 saturated carbocycles. The van der Waals surface area contributed by atoms with Gasteiger partial charge in [0.25, 0.3) is 0 Å². The van der Waals surface area contributed by atoms with Crippen LogP contribution in [-0.2, 0) is 19.2 Å². The molecular formula is C15H25N3O6S. The summed E-state index contributed by atoms with van der Waals surface area (Å²) >= 11 is 1.48. The molecule has 0 bridgehead atoms. The molecule has 1 fully saturated rings. The lowest BCUT2D eigenvalue weighted by Crippen LogP contribution is -2.54. The van der Waals surface area contributed by atoms with E-state index in [9.17, 15) is 24.3 Å². The lowest BCUT2D eigenvalue weighted by molar-refractivity contribution is -0.144. The second-order valence-corrected chi connectivity index (χ2v) is 6.90. The summed E-state index contributed by atoms with van der Waals surface area (Å²) in [5, 5.41) is 20.4. The van der Waals surface area contributed by atoms with Crippen molar-refractivity contribution in [1.29, 1.82) is 0 Å². The Bertz CT molecular complexity index is 515. The van der Waals surface area contributed by atoms with Crippen LogP contribution in [0.3, 0.4) is 0 Å². The Balaban J connectivity index is 2.68. The summed E-state index contributed by atoms with van der Waals surface area (Å²) in [4.78, 5) is 48.0. The van der Waals surface area contributed by atoms with Crippen LogP contribution < -0.4 is 11.1 Å². The number of likely N-dealkylation sites (tertiary alicyclic amines) is 1. The van der Waals surface area contributed by atoms with Crippen LogP contribution in [0.15, 0.2) is 0 Å². The van der Waals surface area contributed by atoms with Gasteiger partial charge in [0.1, 0.15) is 12.1 Å². The molecule has 2 amide bonds. The molecule has 1 rings (SSSR count). The van der Waals surface area contributed by atoms with E-state index in [2.05, 4.69) is 5.32 Å². The first kappa shape index (κ1) is 21.2. The van der Waals surface area contributed by atoms with Crippen molar-refractivity contribution in [3.8, 4) is 0 Å². The largest absolute Gasteiger partial charge is 0.481 e. The van der Waals surface area contributed by atoms with Crippen molar-refractivity contribution < 1.29 is 29.4 Å². The Morgan fingerprint density at radius 2 is 1.96 bits per heavy atom. The van der Waals surface area contributed by atoms with Gasteiger partial charge in [-0.05, 0) is 37.7 Å². The van der Waals surface area contributed by atoms with Gasteiger partial charge in [0, 0.05) is 13.0 Å². The first-order valence-electron chi connectivity index (χ1n) is 8.07. The predicted molar refractivity (Wildman–Crippen MR) is 92.1 cm³/mol. The monoisotopic (exact) mass is 375 g/mol. The zero-order chi connectivity index (χ0) is 19.0. The molecule has 0 aliphatic carbocycles. The summed E-state index contributed by atoms with van der Waals surface area (Å²) in [5.41, 5.74) is 5.74. The Morgan fingerprint density at radius 1 is 1.28 bits per heavy atom. The SMILES string of the molecule is CSCC[C@H](NC(=O)[C@@H]1CCCN1C(=O)[C@@H](N)CCC(=O)O)C(=O)O. The van der Waals surface area contributed by atoms with Crippen LogP contribution in [0.25, 0.3) is 0 Å². The van der Waals surface area contributed by atoms with E-state index in [4.69, 9.17) is 10.8 Å². The maximum absolute atomic E-state index is 12.4.